The molecule has 0 spiro atoms. The first-order valence-electron chi connectivity index (χ1n) is 9.17. The summed E-state index contributed by atoms with van der Waals surface area (Å²) >= 11 is 0. The van der Waals surface area contributed by atoms with Crippen LogP contribution in [0.2, 0.25) is 0 Å². The molecule has 0 saturated carbocycles. The van der Waals surface area contributed by atoms with Crippen LogP contribution in [-0.4, -0.2) is 0 Å². The molecule has 1 nitrogen and oxygen atoms in total. The van der Waals surface area contributed by atoms with Crippen LogP contribution in [0.5, 0.6) is 0 Å². The molecule has 0 radical (unpaired) electrons. The second-order valence-electron chi connectivity index (χ2n) is 7.24. The zero-order chi connectivity index (χ0) is 18.5. The van der Waals surface area contributed by atoms with Gasteiger partial charge in [0.15, 0.2) is 0 Å². The Bertz CT molecular complexity index is 912. The van der Waals surface area contributed by atoms with E-state index < -0.39 is 0 Å². The van der Waals surface area contributed by atoms with Crippen LogP contribution in [0.15, 0.2) is 66.7 Å². The minimum atomic E-state index is -0.00807. The van der Waals surface area contributed by atoms with Crippen molar-refractivity contribution in [3.05, 3.63) is 94.5 Å². The van der Waals surface area contributed by atoms with Crippen LogP contribution in [0, 0.1) is 38.0 Å². The van der Waals surface area contributed by atoms with Crippen LogP contribution < -0.4 is 0 Å². The first kappa shape index (κ1) is 18.0. The molecule has 3 aromatic carbocycles. The Kier molecular flexibility index (Phi) is 5.54. The van der Waals surface area contributed by atoms with Crippen molar-refractivity contribution in [2.45, 2.75) is 33.6 Å². The number of aryl methyl sites for hydroxylation is 3. The molecule has 0 amide bonds. The van der Waals surface area contributed by atoms with Crippen molar-refractivity contribution in [1.29, 1.82) is 5.26 Å². The van der Waals surface area contributed by atoms with Gasteiger partial charge < -0.3 is 0 Å². The van der Waals surface area contributed by atoms with Gasteiger partial charge >= 0.3 is 0 Å². The van der Waals surface area contributed by atoms with Crippen LogP contribution in [0.4, 0.5) is 0 Å². The van der Waals surface area contributed by atoms with E-state index in [9.17, 15) is 5.26 Å². The van der Waals surface area contributed by atoms with Crippen molar-refractivity contribution in [2.24, 2.45) is 5.92 Å². The number of rotatable bonds is 5. The highest BCUT2D eigenvalue weighted by atomic mass is 14.3. The second-order valence-corrected chi connectivity index (χ2v) is 7.24. The zero-order valence-corrected chi connectivity index (χ0v) is 15.8. The molecule has 0 heterocycles. The molecule has 0 saturated heterocycles. The van der Waals surface area contributed by atoms with Crippen molar-refractivity contribution in [3.63, 3.8) is 0 Å². The van der Waals surface area contributed by atoms with Crippen LogP contribution in [0.1, 0.15) is 27.8 Å². The Morgan fingerprint density at radius 1 is 0.731 bits per heavy atom. The fraction of sp³-hybridized carbons (Fsp3) is 0.240. The van der Waals surface area contributed by atoms with Gasteiger partial charge in [-0.2, -0.15) is 5.26 Å². The lowest BCUT2D eigenvalue weighted by atomic mass is 9.90. The Labute approximate surface area is 156 Å². The summed E-state index contributed by atoms with van der Waals surface area (Å²) in [6.07, 6.45) is 1.58. The molecule has 3 rings (SSSR count). The summed E-state index contributed by atoms with van der Waals surface area (Å²) < 4.78 is 0. The fourth-order valence-corrected chi connectivity index (χ4v) is 3.30. The van der Waals surface area contributed by atoms with Gasteiger partial charge in [-0.3, -0.25) is 0 Å². The molecule has 0 aliphatic heterocycles. The van der Waals surface area contributed by atoms with E-state index in [2.05, 4.69) is 93.6 Å². The van der Waals surface area contributed by atoms with Crippen molar-refractivity contribution in [1.82, 2.24) is 0 Å². The molecule has 3 aromatic rings. The summed E-state index contributed by atoms with van der Waals surface area (Å²) in [5.41, 5.74) is 8.74. The van der Waals surface area contributed by atoms with Crippen molar-refractivity contribution >= 4 is 0 Å². The molecule has 0 fully saturated rings. The zero-order valence-electron chi connectivity index (χ0n) is 15.8. The van der Waals surface area contributed by atoms with E-state index in [0.29, 0.717) is 0 Å². The number of nitrogens with zero attached hydrogens (tertiary/aromatic N) is 1. The van der Waals surface area contributed by atoms with Gasteiger partial charge in [0.1, 0.15) is 0 Å². The van der Waals surface area contributed by atoms with Crippen molar-refractivity contribution in [3.8, 4) is 17.2 Å². The fourth-order valence-electron chi connectivity index (χ4n) is 3.30. The summed E-state index contributed by atoms with van der Waals surface area (Å²) in [4.78, 5) is 0. The molecular weight excluding hydrogens is 314 g/mol. The normalized spacial score (nSPS) is 11.8. The lowest BCUT2D eigenvalue weighted by molar-refractivity contribution is 0.658. The number of hydrogen-bond acceptors (Lipinski definition) is 1. The Balaban J connectivity index is 1.80. The molecule has 0 aliphatic carbocycles. The van der Waals surface area contributed by atoms with E-state index in [1.54, 1.807) is 0 Å². The Morgan fingerprint density at radius 2 is 1.27 bits per heavy atom. The Morgan fingerprint density at radius 3 is 1.88 bits per heavy atom. The molecule has 1 heteroatoms. The summed E-state index contributed by atoms with van der Waals surface area (Å²) in [6, 6.07) is 26.2. The molecule has 130 valence electrons. The SMILES string of the molecule is Cc1ccc(CC(C#N)Cc2ccc(C)c(-c3ccc(C)cc3)c2)cc1. The smallest absolute Gasteiger partial charge is 0.0662 e. The maximum atomic E-state index is 9.62. The lowest BCUT2D eigenvalue weighted by Gasteiger charge is -2.13. The minimum Gasteiger partial charge on any atom is -0.198 e. The van der Waals surface area contributed by atoms with E-state index in [-0.39, 0.29) is 5.92 Å². The van der Waals surface area contributed by atoms with E-state index in [1.807, 2.05) is 0 Å². The van der Waals surface area contributed by atoms with Gasteiger partial charge in [-0.05, 0) is 61.4 Å². The van der Waals surface area contributed by atoms with Gasteiger partial charge in [-0.25, -0.2) is 0 Å². The predicted molar refractivity (Wildman–Crippen MR) is 109 cm³/mol. The van der Waals surface area contributed by atoms with Gasteiger partial charge in [0.25, 0.3) is 0 Å². The summed E-state index contributed by atoms with van der Waals surface area (Å²) in [6.45, 7) is 6.34. The molecule has 0 aliphatic rings. The monoisotopic (exact) mass is 339 g/mol. The van der Waals surface area contributed by atoms with Gasteiger partial charge in [-0.15, -0.1) is 0 Å². The maximum Gasteiger partial charge on any atom is 0.0662 e. The first-order valence-corrected chi connectivity index (χ1v) is 9.17. The third-order valence-electron chi connectivity index (χ3n) is 4.93. The summed E-state index contributed by atoms with van der Waals surface area (Å²) in [7, 11) is 0. The summed E-state index contributed by atoms with van der Waals surface area (Å²) in [5, 5.41) is 9.62. The van der Waals surface area contributed by atoms with Crippen LogP contribution in [0.25, 0.3) is 11.1 Å². The van der Waals surface area contributed by atoms with Crippen LogP contribution in [-0.2, 0) is 12.8 Å². The standard InChI is InChI=1S/C25H25N/c1-18-4-9-21(10-5-18)14-23(17-26)15-22-11-8-20(3)25(16-22)24-12-6-19(2)7-13-24/h4-13,16,23H,14-15H2,1-3H3. The van der Waals surface area contributed by atoms with E-state index in [4.69, 9.17) is 0 Å². The Hall–Kier alpha value is -2.85. The van der Waals surface area contributed by atoms with Gasteiger partial charge in [0.2, 0.25) is 0 Å². The quantitative estimate of drug-likeness (QED) is 0.542. The van der Waals surface area contributed by atoms with E-state index in [0.717, 1.165) is 12.8 Å². The highest BCUT2D eigenvalue weighted by molar-refractivity contribution is 5.68. The average Bonchev–Trinajstić information content (AvgIpc) is 2.65. The molecule has 0 aromatic heterocycles. The lowest BCUT2D eigenvalue weighted by Crippen LogP contribution is -2.06. The number of hydrogen-bond donors (Lipinski definition) is 0. The van der Waals surface area contributed by atoms with Gasteiger partial charge in [0, 0.05) is 0 Å². The molecule has 0 N–H and O–H groups in total. The van der Waals surface area contributed by atoms with Crippen LogP contribution >= 0.6 is 0 Å². The average molecular weight is 339 g/mol. The predicted octanol–water partition coefficient (Wildman–Crippen LogP) is 6.20. The minimum absolute atomic E-state index is 0.00807. The second kappa shape index (κ2) is 8.02. The highest BCUT2D eigenvalue weighted by Crippen LogP contribution is 2.26. The largest absolute Gasteiger partial charge is 0.198 e. The molecule has 26 heavy (non-hydrogen) atoms. The van der Waals surface area contributed by atoms with Gasteiger partial charge in [0.05, 0.1) is 12.0 Å². The number of benzene rings is 3. The topological polar surface area (TPSA) is 23.8 Å². The van der Waals surface area contributed by atoms with E-state index >= 15 is 0 Å². The number of nitriles is 1. The third kappa shape index (κ3) is 4.41. The molecule has 0 bridgehead atoms. The van der Waals surface area contributed by atoms with Crippen molar-refractivity contribution in [2.75, 3.05) is 0 Å². The molecular formula is C25H25N. The highest BCUT2D eigenvalue weighted by Gasteiger charge is 2.12. The van der Waals surface area contributed by atoms with Crippen LogP contribution in [0.3, 0.4) is 0 Å². The van der Waals surface area contributed by atoms with Crippen molar-refractivity contribution < 1.29 is 0 Å². The summed E-state index contributed by atoms with van der Waals surface area (Å²) in [5.74, 6) is -0.00807. The van der Waals surface area contributed by atoms with Gasteiger partial charge in [-0.1, -0.05) is 77.9 Å². The molecule has 1 unspecified atom stereocenters. The first-order chi connectivity index (χ1) is 12.5. The molecule has 1 atom stereocenters. The van der Waals surface area contributed by atoms with E-state index in [1.165, 1.54) is 38.9 Å². The maximum absolute atomic E-state index is 9.62. The third-order valence-corrected chi connectivity index (χ3v) is 4.93.